The zero-order chi connectivity index (χ0) is 20.7. The normalized spacial score (nSPS) is 12.7. The van der Waals surface area contributed by atoms with Gasteiger partial charge in [0.15, 0.2) is 0 Å². The molecule has 0 unspecified atom stereocenters. The topological polar surface area (TPSA) is 86.7 Å². The molecule has 0 aliphatic rings. The first kappa shape index (κ1) is 24.9. The fraction of sp³-hybridized carbons (Fsp3) is 0.667. The lowest BCUT2D eigenvalue weighted by molar-refractivity contribution is -0.142. The van der Waals surface area contributed by atoms with E-state index in [1.54, 1.807) is 18.0 Å². The van der Waals surface area contributed by atoms with E-state index in [0.29, 0.717) is 25.8 Å². The maximum absolute atomic E-state index is 12.7. The number of nitrogens with one attached hydrogen (secondary N) is 1. The molecule has 2 amide bonds. The third-order valence-corrected chi connectivity index (χ3v) is 4.49. The van der Waals surface area contributed by atoms with E-state index in [9.17, 15) is 14.4 Å². The van der Waals surface area contributed by atoms with Gasteiger partial charge < -0.3 is 15.3 Å². The number of rotatable bonds is 16. The van der Waals surface area contributed by atoms with Crippen LogP contribution in [0, 0.1) is 5.92 Å². The number of carboxylic acids is 1. The Labute approximate surface area is 163 Å². The van der Waals surface area contributed by atoms with Crippen LogP contribution in [0.3, 0.4) is 0 Å². The largest absolute Gasteiger partial charge is 0.481 e. The Kier molecular flexibility index (Phi) is 13.8. The van der Waals surface area contributed by atoms with Gasteiger partial charge in [0.1, 0.15) is 6.04 Å². The molecule has 2 N–H and O–H groups in total. The molecule has 0 saturated carbocycles. The van der Waals surface area contributed by atoms with Crippen LogP contribution in [-0.4, -0.2) is 47.4 Å². The van der Waals surface area contributed by atoms with Gasteiger partial charge in [0.2, 0.25) is 11.8 Å². The minimum Gasteiger partial charge on any atom is -0.481 e. The molecule has 0 spiro atoms. The van der Waals surface area contributed by atoms with Crippen molar-refractivity contribution in [1.82, 2.24) is 10.2 Å². The monoisotopic (exact) mass is 380 g/mol. The number of carbonyl (C=O) groups is 3. The summed E-state index contributed by atoms with van der Waals surface area (Å²) in [6, 6.07) is -0.609. The zero-order valence-corrected chi connectivity index (χ0v) is 16.9. The predicted octanol–water partition coefficient (Wildman–Crippen LogP) is 3.53. The molecule has 6 nitrogen and oxygen atoms in total. The summed E-state index contributed by atoms with van der Waals surface area (Å²) in [6.07, 6.45) is 9.17. The van der Waals surface area contributed by atoms with Crippen molar-refractivity contribution in [3.8, 4) is 0 Å². The van der Waals surface area contributed by atoms with Crippen molar-refractivity contribution in [2.24, 2.45) is 5.92 Å². The van der Waals surface area contributed by atoms with E-state index in [1.165, 1.54) is 0 Å². The summed E-state index contributed by atoms with van der Waals surface area (Å²) in [7, 11) is 1.73. The summed E-state index contributed by atoms with van der Waals surface area (Å²) in [5.41, 5.74) is 0. The van der Waals surface area contributed by atoms with Crippen LogP contribution in [0.15, 0.2) is 25.3 Å². The number of carbonyl (C=O) groups excluding carboxylic acids is 2. The number of likely N-dealkylation sites (N-methyl/N-ethyl adjacent to an activating group) is 1. The minimum absolute atomic E-state index is 0.124. The highest BCUT2D eigenvalue weighted by Crippen LogP contribution is 2.15. The molecule has 0 aromatic carbocycles. The summed E-state index contributed by atoms with van der Waals surface area (Å²) in [6.45, 7) is 9.95. The Bertz CT molecular complexity index is 491. The van der Waals surface area contributed by atoms with E-state index in [1.807, 2.05) is 13.0 Å². The van der Waals surface area contributed by atoms with Crippen LogP contribution < -0.4 is 5.32 Å². The second kappa shape index (κ2) is 15.0. The smallest absolute Gasteiger partial charge is 0.304 e. The highest BCUT2D eigenvalue weighted by atomic mass is 16.4. The van der Waals surface area contributed by atoms with E-state index >= 15 is 0 Å². The van der Waals surface area contributed by atoms with Crippen LogP contribution in [0.4, 0.5) is 0 Å². The third kappa shape index (κ3) is 11.3. The lowest BCUT2D eigenvalue weighted by atomic mass is 9.96. The van der Waals surface area contributed by atoms with Gasteiger partial charge in [-0.2, -0.15) is 0 Å². The highest BCUT2D eigenvalue weighted by molar-refractivity contribution is 5.89. The Morgan fingerprint density at radius 1 is 1.07 bits per heavy atom. The molecule has 0 heterocycles. The molecule has 0 bridgehead atoms. The van der Waals surface area contributed by atoms with Gasteiger partial charge in [-0.15, -0.1) is 13.2 Å². The minimum atomic E-state index is -1.01. The molecular formula is C21H36N2O4. The van der Waals surface area contributed by atoms with E-state index in [-0.39, 0.29) is 18.2 Å². The average Bonchev–Trinajstić information content (AvgIpc) is 2.63. The van der Waals surface area contributed by atoms with Crippen molar-refractivity contribution in [2.75, 3.05) is 13.6 Å². The number of unbranched alkanes of at least 4 members (excludes halogenated alkanes) is 3. The quantitative estimate of drug-likeness (QED) is 0.317. The van der Waals surface area contributed by atoms with Crippen molar-refractivity contribution in [2.45, 2.75) is 70.8 Å². The number of carboxylic acid groups (broad SMARTS) is 1. The van der Waals surface area contributed by atoms with Crippen LogP contribution in [0.5, 0.6) is 0 Å². The number of amides is 2. The summed E-state index contributed by atoms with van der Waals surface area (Å²) in [5.74, 6) is -2.12. The number of aliphatic carboxylic acids is 1. The van der Waals surface area contributed by atoms with Crippen LogP contribution in [0.1, 0.15) is 64.7 Å². The van der Waals surface area contributed by atoms with Gasteiger partial charge >= 0.3 is 5.97 Å². The number of hydrogen-bond donors (Lipinski definition) is 2. The van der Waals surface area contributed by atoms with E-state index in [2.05, 4.69) is 18.5 Å². The summed E-state index contributed by atoms with van der Waals surface area (Å²) in [4.78, 5) is 38.1. The highest BCUT2D eigenvalue weighted by Gasteiger charge is 2.28. The van der Waals surface area contributed by atoms with Gasteiger partial charge in [0.05, 0.1) is 6.42 Å². The Morgan fingerprint density at radius 3 is 2.26 bits per heavy atom. The fourth-order valence-electron chi connectivity index (χ4n) is 2.85. The van der Waals surface area contributed by atoms with Gasteiger partial charge in [-0.05, 0) is 38.5 Å². The van der Waals surface area contributed by atoms with Gasteiger partial charge in [-0.25, -0.2) is 0 Å². The number of nitrogens with zero attached hydrogens (tertiary/aromatic N) is 1. The summed E-state index contributed by atoms with van der Waals surface area (Å²) in [5, 5.41) is 11.9. The molecule has 0 saturated heterocycles. The Morgan fingerprint density at radius 2 is 1.70 bits per heavy atom. The van der Waals surface area contributed by atoms with E-state index < -0.39 is 17.9 Å². The standard InChI is InChI=1S/C21H36N2O4/c1-5-8-11-13-17(16-19(24)25)20(26)22-18(14-10-7-3)21(27)23(4)15-12-9-6-2/h5-6,17-18H,1-2,7-16H2,3-4H3,(H,22,26)(H,24,25)/t17-,18+/m1/s1. The van der Waals surface area contributed by atoms with Gasteiger partial charge in [0, 0.05) is 19.5 Å². The van der Waals surface area contributed by atoms with Crippen LogP contribution in [0.25, 0.3) is 0 Å². The first-order valence-electron chi connectivity index (χ1n) is 9.86. The van der Waals surface area contributed by atoms with Gasteiger partial charge in [-0.3, -0.25) is 14.4 Å². The first-order chi connectivity index (χ1) is 12.9. The molecule has 154 valence electrons. The fourth-order valence-corrected chi connectivity index (χ4v) is 2.85. The predicted molar refractivity (Wildman–Crippen MR) is 108 cm³/mol. The second-order valence-electron chi connectivity index (χ2n) is 6.91. The van der Waals surface area contributed by atoms with Crippen LogP contribution in [-0.2, 0) is 14.4 Å². The molecule has 0 fully saturated rings. The second-order valence-corrected chi connectivity index (χ2v) is 6.91. The zero-order valence-electron chi connectivity index (χ0n) is 16.9. The summed E-state index contributed by atoms with van der Waals surface area (Å²) >= 11 is 0. The summed E-state index contributed by atoms with van der Waals surface area (Å²) < 4.78 is 0. The molecule has 0 aliphatic heterocycles. The SMILES string of the molecule is C=CCCC[C@H](CC(=O)O)C(=O)N[C@@H](CCCC)C(=O)N(C)CCCC=C. The van der Waals surface area contributed by atoms with Gasteiger partial charge in [-0.1, -0.05) is 31.9 Å². The third-order valence-electron chi connectivity index (χ3n) is 4.49. The van der Waals surface area contributed by atoms with Gasteiger partial charge in [0.25, 0.3) is 0 Å². The molecule has 6 heteroatoms. The van der Waals surface area contributed by atoms with E-state index in [0.717, 1.165) is 32.1 Å². The molecular weight excluding hydrogens is 344 g/mol. The maximum atomic E-state index is 12.7. The van der Waals surface area contributed by atoms with Crippen molar-refractivity contribution >= 4 is 17.8 Å². The van der Waals surface area contributed by atoms with Crippen LogP contribution >= 0.6 is 0 Å². The molecule has 0 aromatic heterocycles. The lowest BCUT2D eigenvalue weighted by Crippen LogP contribution is -2.49. The van der Waals surface area contributed by atoms with Crippen molar-refractivity contribution < 1.29 is 19.5 Å². The van der Waals surface area contributed by atoms with Crippen LogP contribution in [0.2, 0.25) is 0 Å². The molecule has 2 atom stereocenters. The molecule has 0 aliphatic carbocycles. The molecule has 0 rings (SSSR count). The first-order valence-corrected chi connectivity index (χ1v) is 9.86. The van der Waals surface area contributed by atoms with Crippen molar-refractivity contribution in [1.29, 1.82) is 0 Å². The van der Waals surface area contributed by atoms with E-state index in [4.69, 9.17) is 5.11 Å². The average molecular weight is 381 g/mol. The van der Waals surface area contributed by atoms with Crippen molar-refractivity contribution in [3.05, 3.63) is 25.3 Å². The molecule has 0 radical (unpaired) electrons. The number of allylic oxidation sites excluding steroid dienone is 2. The Hall–Kier alpha value is -2.11. The maximum Gasteiger partial charge on any atom is 0.304 e. The number of hydrogen-bond acceptors (Lipinski definition) is 3. The van der Waals surface area contributed by atoms with Crippen molar-refractivity contribution in [3.63, 3.8) is 0 Å². The lowest BCUT2D eigenvalue weighted by Gasteiger charge is -2.26. The Balaban J connectivity index is 4.99. The molecule has 0 aromatic rings. The molecule has 27 heavy (non-hydrogen) atoms.